The molecule has 0 aliphatic rings. The van der Waals surface area contributed by atoms with E-state index in [0.717, 1.165) is 17.4 Å². The number of rotatable bonds is 5. The van der Waals surface area contributed by atoms with Crippen molar-refractivity contribution in [2.24, 2.45) is 0 Å². The van der Waals surface area contributed by atoms with Gasteiger partial charge in [-0.25, -0.2) is 8.78 Å². The Bertz CT molecular complexity index is 596. The van der Waals surface area contributed by atoms with Crippen LogP contribution in [0.4, 0.5) is 8.78 Å². The minimum atomic E-state index is -0.850. The molecule has 0 fully saturated rings. The molecule has 0 amide bonds. The third-order valence-electron chi connectivity index (χ3n) is 3.01. The molecule has 0 saturated carbocycles. The Kier molecular flexibility index (Phi) is 5.18. The van der Waals surface area contributed by atoms with Crippen molar-refractivity contribution in [3.63, 3.8) is 0 Å². The first-order chi connectivity index (χ1) is 9.95. The van der Waals surface area contributed by atoms with Gasteiger partial charge in [-0.2, -0.15) is 0 Å². The largest absolute Gasteiger partial charge is 0.491 e. The topological polar surface area (TPSA) is 9.23 Å². The van der Waals surface area contributed by atoms with Gasteiger partial charge in [0.05, 0.1) is 11.5 Å². The van der Waals surface area contributed by atoms with E-state index >= 15 is 0 Å². The monoisotopic (exact) mass is 310 g/mol. The first-order valence-corrected chi connectivity index (χ1v) is 7.24. The molecule has 2 aromatic rings. The molecule has 0 N–H and O–H groups in total. The van der Waals surface area contributed by atoms with Crippen LogP contribution in [0.1, 0.15) is 30.4 Å². The number of halogens is 3. The molecule has 0 bridgehead atoms. The third-order valence-corrected chi connectivity index (χ3v) is 3.42. The predicted molar refractivity (Wildman–Crippen MR) is 80.9 cm³/mol. The van der Waals surface area contributed by atoms with Crippen LogP contribution in [0.5, 0.6) is 5.75 Å². The fourth-order valence-electron chi connectivity index (χ4n) is 2.02. The standard InChI is InChI=1S/C17H17ClF2O/c1-11(2)21-14-6-4-13(5-7-14)15(18)9-12-3-8-16(19)17(20)10-12/h3-8,10-11,15H,9H2,1-2H3. The molecule has 0 spiro atoms. The normalized spacial score (nSPS) is 12.5. The minimum Gasteiger partial charge on any atom is -0.491 e. The highest BCUT2D eigenvalue weighted by atomic mass is 35.5. The zero-order chi connectivity index (χ0) is 15.4. The molecule has 2 rings (SSSR count). The summed E-state index contributed by atoms with van der Waals surface area (Å²) in [6, 6.07) is 11.3. The maximum absolute atomic E-state index is 13.2. The van der Waals surface area contributed by atoms with Crippen molar-refractivity contribution < 1.29 is 13.5 Å². The highest BCUT2D eigenvalue weighted by Gasteiger charge is 2.11. The SMILES string of the molecule is CC(C)Oc1ccc(C(Cl)Cc2ccc(F)c(F)c2)cc1. The predicted octanol–water partition coefficient (Wildman–Crippen LogP) is 5.27. The van der Waals surface area contributed by atoms with E-state index in [0.29, 0.717) is 12.0 Å². The zero-order valence-electron chi connectivity index (χ0n) is 11.9. The van der Waals surface area contributed by atoms with Crippen LogP contribution in [0.15, 0.2) is 42.5 Å². The number of benzene rings is 2. The quantitative estimate of drug-likeness (QED) is 0.683. The van der Waals surface area contributed by atoms with Gasteiger partial charge in [0.15, 0.2) is 11.6 Å². The van der Waals surface area contributed by atoms with Crippen LogP contribution in [-0.2, 0) is 6.42 Å². The van der Waals surface area contributed by atoms with Gasteiger partial charge in [-0.3, -0.25) is 0 Å². The minimum absolute atomic E-state index is 0.116. The molecule has 2 aromatic carbocycles. The lowest BCUT2D eigenvalue weighted by molar-refractivity contribution is 0.242. The molecule has 0 aliphatic carbocycles. The smallest absolute Gasteiger partial charge is 0.159 e. The Morgan fingerprint density at radius 1 is 1.00 bits per heavy atom. The van der Waals surface area contributed by atoms with Gasteiger partial charge in [0, 0.05) is 0 Å². The molecule has 21 heavy (non-hydrogen) atoms. The summed E-state index contributed by atoms with van der Waals surface area (Å²) >= 11 is 6.33. The molecule has 1 atom stereocenters. The lowest BCUT2D eigenvalue weighted by Gasteiger charge is -2.13. The lowest BCUT2D eigenvalue weighted by atomic mass is 10.0. The molecule has 112 valence electrons. The second-order valence-corrected chi connectivity index (χ2v) is 5.68. The second-order valence-electron chi connectivity index (χ2n) is 5.16. The fourth-order valence-corrected chi connectivity index (χ4v) is 2.34. The Morgan fingerprint density at radius 3 is 2.24 bits per heavy atom. The van der Waals surface area contributed by atoms with Crippen molar-refractivity contribution in [2.45, 2.75) is 31.7 Å². The molecule has 1 unspecified atom stereocenters. The van der Waals surface area contributed by atoms with Gasteiger partial charge >= 0.3 is 0 Å². The molecule has 4 heteroatoms. The van der Waals surface area contributed by atoms with Crippen LogP contribution >= 0.6 is 11.6 Å². The van der Waals surface area contributed by atoms with Gasteiger partial charge < -0.3 is 4.74 Å². The van der Waals surface area contributed by atoms with Gasteiger partial charge in [0.25, 0.3) is 0 Å². The summed E-state index contributed by atoms with van der Waals surface area (Å²) in [5.74, 6) is -0.914. The van der Waals surface area contributed by atoms with Crippen LogP contribution in [-0.4, -0.2) is 6.10 Å². The van der Waals surface area contributed by atoms with Crippen LogP contribution in [0.2, 0.25) is 0 Å². The second kappa shape index (κ2) is 6.90. The van der Waals surface area contributed by atoms with E-state index in [9.17, 15) is 8.78 Å². The summed E-state index contributed by atoms with van der Waals surface area (Å²) in [5.41, 5.74) is 1.58. The van der Waals surface area contributed by atoms with Crippen molar-refractivity contribution in [2.75, 3.05) is 0 Å². The molecule has 0 saturated heterocycles. The molecule has 0 radical (unpaired) electrons. The Hall–Kier alpha value is -1.61. The van der Waals surface area contributed by atoms with Gasteiger partial charge in [0.1, 0.15) is 5.75 Å². The first kappa shape index (κ1) is 15.8. The summed E-state index contributed by atoms with van der Waals surface area (Å²) in [5, 5.41) is -0.303. The van der Waals surface area contributed by atoms with Crippen molar-refractivity contribution in [1.29, 1.82) is 0 Å². The average molecular weight is 311 g/mol. The van der Waals surface area contributed by atoms with E-state index in [4.69, 9.17) is 16.3 Å². The van der Waals surface area contributed by atoms with Crippen LogP contribution < -0.4 is 4.74 Å². The molecular weight excluding hydrogens is 294 g/mol. The fraction of sp³-hybridized carbons (Fsp3) is 0.294. The molecule has 0 aliphatic heterocycles. The van der Waals surface area contributed by atoms with E-state index in [1.807, 2.05) is 38.1 Å². The van der Waals surface area contributed by atoms with Gasteiger partial charge in [-0.1, -0.05) is 18.2 Å². The zero-order valence-corrected chi connectivity index (χ0v) is 12.7. The number of hydrogen-bond acceptors (Lipinski definition) is 1. The summed E-state index contributed by atoms with van der Waals surface area (Å²) in [6.07, 6.45) is 0.549. The number of alkyl halides is 1. The van der Waals surface area contributed by atoms with Gasteiger partial charge in [-0.05, 0) is 55.7 Å². The van der Waals surface area contributed by atoms with Gasteiger partial charge in [-0.15, -0.1) is 11.6 Å². The van der Waals surface area contributed by atoms with E-state index in [2.05, 4.69) is 0 Å². The summed E-state index contributed by atoms with van der Waals surface area (Å²) < 4.78 is 31.6. The van der Waals surface area contributed by atoms with Crippen molar-refractivity contribution in [3.05, 3.63) is 65.2 Å². The first-order valence-electron chi connectivity index (χ1n) is 6.80. The molecule has 1 nitrogen and oxygen atoms in total. The van der Waals surface area contributed by atoms with Crippen molar-refractivity contribution >= 4 is 11.6 Å². The van der Waals surface area contributed by atoms with Crippen molar-refractivity contribution in [3.8, 4) is 5.75 Å². The van der Waals surface area contributed by atoms with E-state index in [1.54, 1.807) is 6.07 Å². The maximum Gasteiger partial charge on any atom is 0.159 e. The Balaban J connectivity index is 2.05. The molecular formula is C17H17ClF2O. The van der Waals surface area contributed by atoms with Gasteiger partial charge in [0.2, 0.25) is 0 Å². The molecule has 0 heterocycles. The van der Waals surface area contributed by atoms with E-state index in [-0.39, 0.29) is 11.5 Å². The van der Waals surface area contributed by atoms with Crippen molar-refractivity contribution in [1.82, 2.24) is 0 Å². The van der Waals surface area contributed by atoms with E-state index in [1.165, 1.54) is 6.07 Å². The van der Waals surface area contributed by atoms with Crippen LogP contribution in [0, 0.1) is 11.6 Å². The summed E-state index contributed by atoms with van der Waals surface area (Å²) in [7, 11) is 0. The number of hydrogen-bond donors (Lipinski definition) is 0. The molecule has 0 aromatic heterocycles. The average Bonchev–Trinajstić information content (AvgIpc) is 2.43. The summed E-state index contributed by atoms with van der Waals surface area (Å²) in [6.45, 7) is 3.92. The highest BCUT2D eigenvalue weighted by molar-refractivity contribution is 6.20. The number of ether oxygens (including phenoxy) is 1. The maximum atomic E-state index is 13.2. The lowest BCUT2D eigenvalue weighted by Crippen LogP contribution is -2.05. The highest BCUT2D eigenvalue weighted by Crippen LogP contribution is 2.27. The van der Waals surface area contributed by atoms with Crippen LogP contribution in [0.3, 0.4) is 0 Å². The van der Waals surface area contributed by atoms with Crippen LogP contribution in [0.25, 0.3) is 0 Å². The Labute approximate surface area is 128 Å². The third kappa shape index (κ3) is 4.43. The van der Waals surface area contributed by atoms with E-state index < -0.39 is 11.6 Å². The Morgan fingerprint density at radius 2 is 1.67 bits per heavy atom. The summed E-state index contributed by atoms with van der Waals surface area (Å²) in [4.78, 5) is 0.